The molecular weight excluding hydrogens is 278 g/mol. The van der Waals surface area contributed by atoms with Crippen LogP contribution in [0, 0.1) is 0 Å². The van der Waals surface area contributed by atoms with Crippen LogP contribution in [0.3, 0.4) is 0 Å². The monoisotopic (exact) mass is 297 g/mol. The van der Waals surface area contributed by atoms with E-state index in [-0.39, 0.29) is 0 Å². The number of hydrogen-bond acceptors (Lipinski definition) is 1. The predicted octanol–water partition coefficient (Wildman–Crippen LogP) is 5.22. The van der Waals surface area contributed by atoms with Crippen molar-refractivity contribution in [2.45, 2.75) is 12.5 Å². The van der Waals surface area contributed by atoms with Crippen molar-refractivity contribution in [3.05, 3.63) is 96.1 Å². The van der Waals surface area contributed by atoms with Crippen LogP contribution in [0.4, 0.5) is 0 Å². The summed E-state index contributed by atoms with van der Waals surface area (Å²) in [4.78, 5) is 0. The SMILES string of the molecule is CC(N)(c1ccc2ccccc2c1)c1cccc2ccccc12. The first kappa shape index (κ1) is 14.0. The van der Waals surface area contributed by atoms with Crippen LogP contribution < -0.4 is 5.73 Å². The molecule has 0 amide bonds. The minimum atomic E-state index is -0.537. The fourth-order valence-corrected chi connectivity index (χ4v) is 3.35. The van der Waals surface area contributed by atoms with Gasteiger partial charge in [-0.25, -0.2) is 0 Å². The van der Waals surface area contributed by atoms with Gasteiger partial charge in [0, 0.05) is 0 Å². The molecule has 2 N–H and O–H groups in total. The van der Waals surface area contributed by atoms with Crippen molar-refractivity contribution in [1.82, 2.24) is 0 Å². The van der Waals surface area contributed by atoms with Gasteiger partial charge in [0.2, 0.25) is 0 Å². The summed E-state index contributed by atoms with van der Waals surface area (Å²) < 4.78 is 0. The summed E-state index contributed by atoms with van der Waals surface area (Å²) in [6.07, 6.45) is 0. The second-order valence-electron chi connectivity index (χ2n) is 6.29. The molecule has 0 aliphatic heterocycles. The van der Waals surface area contributed by atoms with Crippen molar-refractivity contribution in [3.8, 4) is 0 Å². The zero-order valence-corrected chi connectivity index (χ0v) is 13.2. The minimum Gasteiger partial charge on any atom is -0.318 e. The van der Waals surface area contributed by atoms with E-state index in [4.69, 9.17) is 5.73 Å². The van der Waals surface area contributed by atoms with E-state index >= 15 is 0 Å². The Morgan fingerprint density at radius 1 is 0.652 bits per heavy atom. The van der Waals surface area contributed by atoms with E-state index in [0.29, 0.717) is 0 Å². The maximum atomic E-state index is 6.82. The highest BCUT2D eigenvalue weighted by Gasteiger charge is 2.25. The fraction of sp³-hybridized carbons (Fsp3) is 0.0909. The van der Waals surface area contributed by atoms with Gasteiger partial charge in [0.25, 0.3) is 0 Å². The summed E-state index contributed by atoms with van der Waals surface area (Å²) in [6, 6.07) is 29.7. The van der Waals surface area contributed by atoms with Crippen LogP contribution >= 0.6 is 0 Å². The average Bonchev–Trinajstić information content (AvgIpc) is 2.60. The Kier molecular flexibility index (Phi) is 3.17. The highest BCUT2D eigenvalue weighted by Crippen LogP contribution is 2.33. The van der Waals surface area contributed by atoms with Gasteiger partial charge in [-0.3, -0.25) is 0 Å². The first-order valence-electron chi connectivity index (χ1n) is 7.93. The van der Waals surface area contributed by atoms with Crippen LogP contribution in [-0.2, 0) is 5.54 Å². The number of fused-ring (bicyclic) bond motifs is 2. The molecule has 112 valence electrons. The third kappa shape index (κ3) is 2.30. The second kappa shape index (κ2) is 5.22. The van der Waals surface area contributed by atoms with Gasteiger partial charge in [-0.2, -0.15) is 0 Å². The Balaban J connectivity index is 1.93. The molecule has 0 bridgehead atoms. The van der Waals surface area contributed by atoms with Crippen LogP contribution in [0.25, 0.3) is 21.5 Å². The topological polar surface area (TPSA) is 26.0 Å². The molecular formula is C22H19N. The molecule has 4 rings (SSSR count). The molecule has 0 aliphatic rings. The molecule has 0 heterocycles. The molecule has 1 atom stereocenters. The summed E-state index contributed by atoms with van der Waals surface area (Å²) in [5.41, 5.74) is 8.57. The van der Waals surface area contributed by atoms with E-state index < -0.39 is 5.54 Å². The van der Waals surface area contributed by atoms with E-state index in [1.165, 1.54) is 21.5 Å². The summed E-state index contributed by atoms with van der Waals surface area (Å²) in [5, 5.41) is 4.91. The minimum absolute atomic E-state index is 0.537. The summed E-state index contributed by atoms with van der Waals surface area (Å²) in [6.45, 7) is 2.10. The summed E-state index contributed by atoms with van der Waals surface area (Å²) >= 11 is 0. The smallest absolute Gasteiger partial charge is 0.0643 e. The van der Waals surface area contributed by atoms with Crippen molar-refractivity contribution < 1.29 is 0 Å². The highest BCUT2D eigenvalue weighted by atomic mass is 14.7. The number of benzene rings is 4. The molecule has 0 spiro atoms. The molecule has 4 aromatic rings. The molecule has 23 heavy (non-hydrogen) atoms. The molecule has 0 aromatic heterocycles. The molecule has 0 saturated carbocycles. The maximum Gasteiger partial charge on any atom is 0.0643 e. The maximum absolute atomic E-state index is 6.82. The molecule has 1 nitrogen and oxygen atoms in total. The predicted molar refractivity (Wildman–Crippen MR) is 98.5 cm³/mol. The van der Waals surface area contributed by atoms with Gasteiger partial charge in [0.1, 0.15) is 0 Å². The molecule has 0 radical (unpaired) electrons. The Hall–Kier alpha value is -2.64. The van der Waals surface area contributed by atoms with Gasteiger partial charge in [-0.05, 0) is 45.7 Å². The Bertz CT molecular complexity index is 993. The number of rotatable bonds is 2. The number of nitrogens with two attached hydrogens (primary N) is 1. The lowest BCUT2D eigenvalue weighted by Gasteiger charge is -2.28. The van der Waals surface area contributed by atoms with Gasteiger partial charge in [-0.1, -0.05) is 78.9 Å². The second-order valence-corrected chi connectivity index (χ2v) is 6.29. The Morgan fingerprint density at radius 2 is 1.30 bits per heavy atom. The van der Waals surface area contributed by atoms with Gasteiger partial charge in [-0.15, -0.1) is 0 Å². The van der Waals surface area contributed by atoms with Gasteiger partial charge < -0.3 is 5.73 Å². The van der Waals surface area contributed by atoms with Crippen LogP contribution in [0.2, 0.25) is 0 Å². The quantitative estimate of drug-likeness (QED) is 0.539. The summed E-state index contributed by atoms with van der Waals surface area (Å²) in [5.74, 6) is 0. The first-order valence-corrected chi connectivity index (χ1v) is 7.93. The zero-order valence-electron chi connectivity index (χ0n) is 13.2. The molecule has 0 aliphatic carbocycles. The van der Waals surface area contributed by atoms with Gasteiger partial charge in [0.05, 0.1) is 5.54 Å². The number of hydrogen-bond donors (Lipinski definition) is 1. The first-order chi connectivity index (χ1) is 11.2. The van der Waals surface area contributed by atoms with E-state index in [2.05, 4.69) is 91.9 Å². The van der Waals surface area contributed by atoms with Crippen molar-refractivity contribution in [1.29, 1.82) is 0 Å². The van der Waals surface area contributed by atoms with E-state index in [1.54, 1.807) is 0 Å². The molecule has 0 fully saturated rings. The lowest BCUT2D eigenvalue weighted by Crippen LogP contribution is -2.34. The van der Waals surface area contributed by atoms with Gasteiger partial charge in [0.15, 0.2) is 0 Å². The largest absolute Gasteiger partial charge is 0.318 e. The van der Waals surface area contributed by atoms with Crippen LogP contribution in [0.15, 0.2) is 84.9 Å². The van der Waals surface area contributed by atoms with Crippen molar-refractivity contribution in [2.75, 3.05) is 0 Å². The Labute approximate surface area is 136 Å². The lowest BCUT2D eigenvalue weighted by molar-refractivity contribution is 0.609. The lowest BCUT2D eigenvalue weighted by atomic mass is 9.82. The summed E-state index contributed by atoms with van der Waals surface area (Å²) in [7, 11) is 0. The molecule has 4 aromatic carbocycles. The Morgan fingerprint density at radius 3 is 2.13 bits per heavy atom. The van der Waals surface area contributed by atoms with Crippen molar-refractivity contribution in [3.63, 3.8) is 0 Å². The van der Waals surface area contributed by atoms with Crippen LogP contribution in [0.1, 0.15) is 18.1 Å². The normalized spacial score (nSPS) is 14.0. The van der Waals surface area contributed by atoms with Crippen molar-refractivity contribution >= 4 is 21.5 Å². The average molecular weight is 297 g/mol. The van der Waals surface area contributed by atoms with Gasteiger partial charge >= 0.3 is 0 Å². The third-order valence-electron chi connectivity index (χ3n) is 4.70. The standard InChI is InChI=1S/C22H19N/c1-22(23,19-14-13-16-7-2-3-9-18(16)15-19)21-12-6-10-17-8-4-5-11-20(17)21/h2-15H,23H2,1H3. The molecule has 0 saturated heterocycles. The zero-order chi connectivity index (χ0) is 15.9. The highest BCUT2D eigenvalue weighted by molar-refractivity contribution is 5.88. The van der Waals surface area contributed by atoms with E-state index in [0.717, 1.165) is 11.1 Å². The fourth-order valence-electron chi connectivity index (χ4n) is 3.35. The van der Waals surface area contributed by atoms with E-state index in [9.17, 15) is 0 Å². The van der Waals surface area contributed by atoms with Crippen LogP contribution in [-0.4, -0.2) is 0 Å². The van der Waals surface area contributed by atoms with E-state index in [1.807, 2.05) is 0 Å². The molecule has 1 heteroatoms. The van der Waals surface area contributed by atoms with Crippen molar-refractivity contribution in [2.24, 2.45) is 5.73 Å². The van der Waals surface area contributed by atoms with Crippen LogP contribution in [0.5, 0.6) is 0 Å². The third-order valence-corrected chi connectivity index (χ3v) is 4.70. The molecule has 1 unspecified atom stereocenters.